The second-order valence-electron chi connectivity index (χ2n) is 5.72. The molecule has 2 N–H and O–H groups in total. The van der Waals surface area contributed by atoms with Crippen LogP contribution in [-0.2, 0) is 16.1 Å². The second-order valence-corrected chi connectivity index (χ2v) is 6.74. The first kappa shape index (κ1) is 17.5. The fourth-order valence-corrected chi connectivity index (χ4v) is 3.65. The highest BCUT2D eigenvalue weighted by molar-refractivity contribution is 8.00. The lowest BCUT2D eigenvalue weighted by molar-refractivity contribution is -0.120. The van der Waals surface area contributed by atoms with Crippen molar-refractivity contribution >= 4 is 35.0 Å². The van der Waals surface area contributed by atoms with Crippen molar-refractivity contribution in [1.82, 2.24) is 5.32 Å². The molecule has 1 aliphatic rings. The van der Waals surface area contributed by atoms with Gasteiger partial charge < -0.3 is 15.5 Å². The number of nitrogens with one attached hydrogen (secondary N) is 2. The molecule has 0 unspecified atom stereocenters. The molecular formula is C19H21N3O2S. The molecule has 6 heteroatoms. The maximum Gasteiger partial charge on any atom is 0.244 e. The van der Waals surface area contributed by atoms with E-state index < -0.39 is 0 Å². The number of rotatable bonds is 6. The van der Waals surface area contributed by atoms with Crippen LogP contribution < -0.4 is 15.5 Å². The molecule has 0 fully saturated rings. The summed E-state index contributed by atoms with van der Waals surface area (Å²) < 4.78 is 0. The van der Waals surface area contributed by atoms with E-state index in [1.54, 1.807) is 4.90 Å². The Morgan fingerprint density at radius 1 is 1.16 bits per heavy atom. The van der Waals surface area contributed by atoms with Gasteiger partial charge in [0.25, 0.3) is 0 Å². The smallest absolute Gasteiger partial charge is 0.244 e. The molecule has 3 rings (SSSR count). The summed E-state index contributed by atoms with van der Waals surface area (Å²) in [6, 6.07) is 15.4. The first-order chi connectivity index (χ1) is 12.2. The number of hydrogen-bond donors (Lipinski definition) is 2. The SMILES string of the molecule is CCNCc1ccccc1NC(=O)CN1C(=O)CSc2ccccc21. The van der Waals surface area contributed by atoms with E-state index in [-0.39, 0.29) is 18.4 Å². The van der Waals surface area contributed by atoms with E-state index in [1.807, 2.05) is 55.5 Å². The van der Waals surface area contributed by atoms with E-state index >= 15 is 0 Å². The van der Waals surface area contributed by atoms with E-state index in [1.165, 1.54) is 11.8 Å². The van der Waals surface area contributed by atoms with Gasteiger partial charge in [-0.1, -0.05) is 37.3 Å². The minimum Gasteiger partial charge on any atom is -0.324 e. The maximum absolute atomic E-state index is 12.5. The summed E-state index contributed by atoms with van der Waals surface area (Å²) in [6.45, 7) is 3.61. The molecule has 2 aromatic carbocycles. The Hall–Kier alpha value is -2.31. The molecule has 0 saturated carbocycles. The van der Waals surface area contributed by atoms with Crippen LogP contribution in [0.3, 0.4) is 0 Å². The normalized spacial score (nSPS) is 13.5. The average Bonchev–Trinajstić information content (AvgIpc) is 2.63. The average molecular weight is 355 g/mol. The third-order valence-electron chi connectivity index (χ3n) is 3.97. The highest BCUT2D eigenvalue weighted by atomic mass is 32.2. The number of anilines is 2. The van der Waals surface area contributed by atoms with Crippen LogP contribution in [0.2, 0.25) is 0 Å². The summed E-state index contributed by atoms with van der Waals surface area (Å²) in [6.07, 6.45) is 0. The van der Waals surface area contributed by atoms with E-state index in [9.17, 15) is 9.59 Å². The Labute approximate surface area is 151 Å². The Balaban J connectivity index is 1.72. The van der Waals surface area contributed by atoms with Crippen LogP contribution in [0.15, 0.2) is 53.4 Å². The lowest BCUT2D eigenvalue weighted by Gasteiger charge is -2.28. The van der Waals surface area contributed by atoms with E-state index in [0.717, 1.165) is 28.4 Å². The Morgan fingerprint density at radius 3 is 2.76 bits per heavy atom. The summed E-state index contributed by atoms with van der Waals surface area (Å²) in [7, 11) is 0. The number of para-hydroxylation sites is 2. The predicted molar refractivity (Wildman–Crippen MR) is 102 cm³/mol. The molecule has 5 nitrogen and oxygen atoms in total. The molecular weight excluding hydrogens is 334 g/mol. The van der Waals surface area contributed by atoms with Crippen molar-refractivity contribution in [3.8, 4) is 0 Å². The third-order valence-corrected chi connectivity index (χ3v) is 5.01. The van der Waals surface area contributed by atoms with Crippen LogP contribution in [0.5, 0.6) is 0 Å². The molecule has 2 aromatic rings. The first-order valence-corrected chi connectivity index (χ1v) is 9.28. The molecule has 1 aliphatic heterocycles. The summed E-state index contributed by atoms with van der Waals surface area (Å²) in [5.41, 5.74) is 2.61. The molecule has 130 valence electrons. The van der Waals surface area contributed by atoms with E-state index in [0.29, 0.717) is 12.3 Å². The van der Waals surface area contributed by atoms with Crippen molar-refractivity contribution < 1.29 is 9.59 Å². The van der Waals surface area contributed by atoms with Crippen LogP contribution in [0.25, 0.3) is 0 Å². The van der Waals surface area contributed by atoms with Gasteiger partial charge in [-0.25, -0.2) is 0 Å². The van der Waals surface area contributed by atoms with Gasteiger partial charge in [0, 0.05) is 17.1 Å². The molecule has 0 spiro atoms. The van der Waals surface area contributed by atoms with Crippen molar-refractivity contribution in [2.45, 2.75) is 18.4 Å². The fraction of sp³-hybridized carbons (Fsp3) is 0.263. The maximum atomic E-state index is 12.5. The lowest BCUT2D eigenvalue weighted by atomic mass is 10.1. The summed E-state index contributed by atoms with van der Waals surface area (Å²) in [4.78, 5) is 27.4. The van der Waals surface area contributed by atoms with Gasteiger partial charge in [-0.15, -0.1) is 11.8 Å². The van der Waals surface area contributed by atoms with Gasteiger partial charge in [-0.2, -0.15) is 0 Å². The van der Waals surface area contributed by atoms with Crippen LogP contribution >= 0.6 is 11.8 Å². The number of carbonyl (C=O) groups excluding carboxylic acids is 2. The Kier molecular flexibility index (Phi) is 5.73. The minimum absolute atomic E-state index is 0.0198. The van der Waals surface area contributed by atoms with Crippen LogP contribution in [0.4, 0.5) is 11.4 Å². The number of carbonyl (C=O) groups is 2. The largest absolute Gasteiger partial charge is 0.324 e. The van der Waals surface area contributed by atoms with Crippen molar-refractivity contribution in [2.24, 2.45) is 0 Å². The van der Waals surface area contributed by atoms with Crippen molar-refractivity contribution in [3.05, 3.63) is 54.1 Å². The third kappa shape index (κ3) is 4.21. The molecule has 25 heavy (non-hydrogen) atoms. The second kappa shape index (κ2) is 8.18. The zero-order valence-corrected chi connectivity index (χ0v) is 14.9. The molecule has 0 aliphatic carbocycles. The monoisotopic (exact) mass is 355 g/mol. The lowest BCUT2D eigenvalue weighted by Crippen LogP contribution is -2.41. The first-order valence-electron chi connectivity index (χ1n) is 8.29. The molecule has 0 aromatic heterocycles. The van der Waals surface area contributed by atoms with Crippen molar-refractivity contribution in [2.75, 3.05) is 29.1 Å². The van der Waals surface area contributed by atoms with Gasteiger partial charge in [0.2, 0.25) is 11.8 Å². The number of hydrogen-bond acceptors (Lipinski definition) is 4. The molecule has 0 saturated heterocycles. The summed E-state index contributed by atoms with van der Waals surface area (Å²) >= 11 is 1.51. The summed E-state index contributed by atoms with van der Waals surface area (Å²) in [5, 5.41) is 6.20. The zero-order chi connectivity index (χ0) is 17.6. The standard InChI is InChI=1S/C19H21N3O2S/c1-2-20-11-14-7-3-4-8-15(14)21-18(23)12-22-16-9-5-6-10-17(16)25-13-19(22)24/h3-10,20H,2,11-13H2,1H3,(H,21,23). The van der Waals surface area contributed by atoms with E-state index in [2.05, 4.69) is 10.6 Å². The fourth-order valence-electron chi connectivity index (χ4n) is 2.72. The van der Waals surface area contributed by atoms with Gasteiger partial charge in [0.05, 0.1) is 11.4 Å². The van der Waals surface area contributed by atoms with E-state index in [4.69, 9.17) is 0 Å². The predicted octanol–water partition coefficient (Wildman–Crippen LogP) is 2.87. The van der Waals surface area contributed by atoms with Gasteiger partial charge in [0.1, 0.15) is 6.54 Å². The van der Waals surface area contributed by atoms with Crippen molar-refractivity contribution in [1.29, 1.82) is 0 Å². The van der Waals surface area contributed by atoms with Crippen LogP contribution in [0.1, 0.15) is 12.5 Å². The Morgan fingerprint density at radius 2 is 1.92 bits per heavy atom. The molecule has 0 bridgehead atoms. The molecule has 0 atom stereocenters. The number of amides is 2. The van der Waals surface area contributed by atoms with Crippen LogP contribution in [-0.4, -0.2) is 30.7 Å². The Bertz CT molecular complexity index is 779. The molecule has 2 amide bonds. The molecule has 1 heterocycles. The quantitative estimate of drug-likeness (QED) is 0.836. The number of fused-ring (bicyclic) bond motifs is 1. The van der Waals surface area contributed by atoms with Gasteiger partial charge in [-0.05, 0) is 30.3 Å². The number of thioether (sulfide) groups is 1. The highest BCUT2D eigenvalue weighted by Crippen LogP contribution is 2.34. The van der Waals surface area contributed by atoms with Crippen LogP contribution in [0, 0.1) is 0 Å². The van der Waals surface area contributed by atoms with Gasteiger partial charge >= 0.3 is 0 Å². The molecule has 0 radical (unpaired) electrons. The highest BCUT2D eigenvalue weighted by Gasteiger charge is 2.26. The van der Waals surface area contributed by atoms with Gasteiger partial charge in [0.15, 0.2) is 0 Å². The summed E-state index contributed by atoms with van der Waals surface area (Å²) in [5.74, 6) is 0.125. The topological polar surface area (TPSA) is 61.4 Å². The van der Waals surface area contributed by atoms with Crippen molar-refractivity contribution in [3.63, 3.8) is 0 Å². The zero-order valence-electron chi connectivity index (χ0n) is 14.1. The number of nitrogens with zero attached hydrogens (tertiary/aromatic N) is 1. The minimum atomic E-state index is -0.195. The van der Waals surface area contributed by atoms with Gasteiger partial charge in [-0.3, -0.25) is 9.59 Å². The number of benzene rings is 2.